The number of benzene rings is 2. The molecule has 2 heterocycles. The normalized spacial score (nSPS) is 17.0. The van der Waals surface area contributed by atoms with Crippen LogP contribution in [0, 0.1) is 29.6 Å². The second-order valence-electron chi connectivity index (χ2n) is 23.0. The minimum absolute atomic E-state index is 0.00938. The summed E-state index contributed by atoms with van der Waals surface area (Å²) in [6.07, 6.45) is 2.72. The van der Waals surface area contributed by atoms with E-state index in [1.54, 1.807) is 68.3 Å². The van der Waals surface area contributed by atoms with Crippen LogP contribution in [0.25, 0.3) is 0 Å². The molecule has 0 radical (unpaired) electrons. The third-order valence-corrected chi connectivity index (χ3v) is 16.8. The van der Waals surface area contributed by atoms with Gasteiger partial charge in [0.1, 0.15) is 23.7 Å². The summed E-state index contributed by atoms with van der Waals surface area (Å²) in [6, 6.07) is 11.0. The van der Waals surface area contributed by atoms with Crippen molar-refractivity contribution in [2.24, 2.45) is 41.1 Å². The van der Waals surface area contributed by atoms with Crippen molar-refractivity contribution in [1.29, 1.82) is 0 Å². The lowest BCUT2D eigenvalue weighted by atomic mass is 9.89. The maximum atomic E-state index is 14.8. The van der Waals surface area contributed by atoms with Crippen LogP contribution in [0.2, 0.25) is 0 Å². The number of carbonyl (C=O) groups excluding carboxylic acids is 8. The number of ether oxygens (including phenoxy) is 3. The summed E-state index contributed by atoms with van der Waals surface area (Å²) < 4.78 is 17.9. The van der Waals surface area contributed by atoms with Gasteiger partial charge >= 0.3 is 12.1 Å². The number of likely N-dealkylation sites (N-methyl/N-ethyl adjacent to an activating group) is 2. The molecule has 0 spiro atoms. The van der Waals surface area contributed by atoms with Crippen LogP contribution < -0.4 is 32.7 Å². The predicted octanol–water partition coefficient (Wildman–Crippen LogP) is 5.93. The zero-order chi connectivity index (χ0) is 61.7. The molecule has 1 aliphatic heterocycles. The summed E-state index contributed by atoms with van der Waals surface area (Å²) in [5.41, 5.74) is 13.6. The van der Waals surface area contributed by atoms with Crippen LogP contribution >= 0.6 is 11.3 Å². The van der Waals surface area contributed by atoms with E-state index in [2.05, 4.69) is 26.3 Å². The van der Waals surface area contributed by atoms with Gasteiger partial charge in [-0.1, -0.05) is 123 Å². The number of methoxy groups -OCH3 is 2. The van der Waals surface area contributed by atoms with E-state index in [-0.39, 0.29) is 79.7 Å². The van der Waals surface area contributed by atoms with E-state index < -0.39 is 84.2 Å². The largest absolute Gasteiger partial charge is 0.445 e. The molecule has 8 N–H and O–H groups in total. The monoisotopic (exact) mass is 1170 g/mol. The smallest absolute Gasteiger partial charge is 0.410 e. The van der Waals surface area contributed by atoms with Gasteiger partial charge < -0.3 is 56.7 Å². The van der Waals surface area contributed by atoms with E-state index in [1.807, 2.05) is 84.2 Å². The summed E-state index contributed by atoms with van der Waals surface area (Å²) in [7, 11) is 6.22. The highest BCUT2D eigenvalue weighted by molar-refractivity contribution is 7.09. The van der Waals surface area contributed by atoms with Crippen molar-refractivity contribution in [1.82, 2.24) is 41.0 Å². The molecule has 1 saturated heterocycles. The average molecular weight is 1180 g/mol. The van der Waals surface area contributed by atoms with Gasteiger partial charge in [0, 0.05) is 59.4 Å². The molecular formula is C61H94N10O11S. The Morgan fingerprint density at radius 2 is 1.46 bits per heavy atom. The number of ketones is 1. The number of nitrogens with two attached hydrogens (primary N) is 2. The van der Waals surface area contributed by atoms with Gasteiger partial charge in [-0.2, -0.15) is 0 Å². The minimum atomic E-state index is -1.04. The number of aromatic nitrogens is 1. The molecule has 22 heteroatoms. The van der Waals surface area contributed by atoms with Crippen molar-refractivity contribution in [3.05, 3.63) is 87.9 Å². The van der Waals surface area contributed by atoms with Gasteiger partial charge in [0.25, 0.3) is 0 Å². The van der Waals surface area contributed by atoms with Crippen molar-refractivity contribution in [3.63, 3.8) is 0 Å². The molecule has 0 aliphatic carbocycles. The van der Waals surface area contributed by atoms with Crippen LogP contribution in [0.5, 0.6) is 0 Å². The van der Waals surface area contributed by atoms with Crippen molar-refractivity contribution >= 4 is 58.8 Å². The van der Waals surface area contributed by atoms with Crippen molar-refractivity contribution in [2.45, 2.75) is 175 Å². The number of hydrogen-bond donors (Lipinski definition) is 6. The molecule has 460 valence electrons. The molecule has 3 aromatic rings. The van der Waals surface area contributed by atoms with Crippen molar-refractivity contribution in [3.8, 4) is 0 Å². The zero-order valence-corrected chi connectivity index (χ0v) is 51.9. The van der Waals surface area contributed by atoms with Crippen LogP contribution in [0.15, 0.2) is 66.2 Å². The number of urea groups is 1. The molecule has 1 aliphatic rings. The predicted molar refractivity (Wildman–Crippen MR) is 319 cm³/mol. The maximum Gasteiger partial charge on any atom is 0.410 e. The lowest BCUT2D eigenvalue weighted by molar-refractivity contribution is -0.148. The third kappa shape index (κ3) is 20.1. The minimum Gasteiger partial charge on any atom is -0.445 e. The van der Waals surface area contributed by atoms with Gasteiger partial charge in [0.15, 0.2) is 5.78 Å². The Morgan fingerprint density at radius 3 is 2.02 bits per heavy atom. The molecule has 4 rings (SSSR count). The number of rotatable bonds is 33. The molecule has 8 amide bonds. The first kappa shape index (κ1) is 69.0. The number of amides is 8. The van der Waals surface area contributed by atoms with E-state index >= 15 is 0 Å². The number of carbonyl (C=O) groups is 8. The number of thiazole rings is 1. The van der Waals surface area contributed by atoms with Gasteiger partial charge in [0.05, 0.1) is 54.8 Å². The van der Waals surface area contributed by atoms with E-state index in [0.717, 1.165) is 10.6 Å². The van der Waals surface area contributed by atoms with Gasteiger partial charge in [-0.25, -0.2) is 14.6 Å². The molecule has 1 fully saturated rings. The first-order valence-corrected chi connectivity index (χ1v) is 30.0. The van der Waals surface area contributed by atoms with Gasteiger partial charge in [-0.15, -0.1) is 11.3 Å². The second kappa shape index (κ2) is 33.7. The molecule has 0 saturated carbocycles. The Hall–Kier alpha value is -6.49. The molecular weight excluding hydrogens is 1080 g/mol. The molecule has 0 unspecified atom stereocenters. The van der Waals surface area contributed by atoms with Crippen molar-refractivity contribution < 1.29 is 52.6 Å². The average Bonchev–Trinajstić information content (AvgIpc) is 4.39. The van der Waals surface area contributed by atoms with E-state index in [0.29, 0.717) is 49.8 Å². The lowest BCUT2D eigenvalue weighted by Gasteiger charge is -2.41. The summed E-state index contributed by atoms with van der Waals surface area (Å²) in [4.78, 5) is 118. The molecule has 11 atom stereocenters. The quantitative estimate of drug-likeness (QED) is 0.0387. The molecule has 21 nitrogen and oxygen atoms in total. The number of nitrogens with zero attached hydrogens (tertiary/aromatic N) is 4. The van der Waals surface area contributed by atoms with Crippen LogP contribution in [-0.2, 0) is 62.4 Å². The Bertz CT molecular complexity index is 2550. The summed E-state index contributed by atoms with van der Waals surface area (Å²) in [5, 5.41) is 14.1. The highest BCUT2D eigenvalue weighted by Crippen LogP contribution is 2.31. The fourth-order valence-corrected chi connectivity index (χ4v) is 11.5. The molecule has 83 heavy (non-hydrogen) atoms. The Kier molecular flexibility index (Phi) is 28.0. The molecule has 1 aromatic heterocycles. The summed E-state index contributed by atoms with van der Waals surface area (Å²) in [6.45, 7) is 17.2. The lowest BCUT2D eigenvalue weighted by Crippen LogP contribution is -2.60. The summed E-state index contributed by atoms with van der Waals surface area (Å²) >= 11 is 1.48. The SMILES string of the molecule is CC[C@H](C)[C@@H]([C@@H](CC(=O)N1CCC[C@H]1[C@H](OC)[C@@H](C)C(=O)N[C@@H](Cc1ccccc1)c1nccs1)OC)N(C)C(=O)[C@@H](NC(=O)[C@H](C(C)C)N(C)C(=O)OCc1ccc(CC(=O)[C@H](CCCNC(N)=O)NC(=O)[C@@H](N)C(C)C)cc1)C(C)C. The van der Waals surface area contributed by atoms with Gasteiger partial charge in [0.2, 0.25) is 29.5 Å². The van der Waals surface area contributed by atoms with Gasteiger partial charge in [-0.05, 0) is 72.5 Å². The third-order valence-electron chi connectivity index (χ3n) is 15.9. The number of hydrogen-bond acceptors (Lipinski definition) is 14. The molecule has 2 aromatic carbocycles. The zero-order valence-electron chi connectivity index (χ0n) is 51.1. The van der Waals surface area contributed by atoms with E-state index in [4.69, 9.17) is 25.7 Å². The second-order valence-corrected chi connectivity index (χ2v) is 23.9. The topological polar surface area (TPSA) is 287 Å². The number of primary amides is 1. The van der Waals surface area contributed by atoms with Crippen LogP contribution in [0.1, 0.15) is 129 Å². The molecule has 0 bridgehead atoms. The van der Waals surface area contributed by atoms with Crippen molar-refractivity contribution in [2.75, 3.05) is 41.4 Å². The Labute approximate surface area is 495 Å². The Morgan fingerprint density at radius 1 is 0.795 bits per heavy atom. The highest BCUT2D eigenvalue weighted by atomic mass is 32.1. The van der Waals surface area contributed by atoms with Gasteiger partial charge in [-0.3, -0.25) is 33.7 Å². The van der Waals surface area contributed by atoms with E-state index in [9.17, 15) is 38.4 Å². The number of likely N-dealkylation sites (tertiary alicyclic amines) is 1. The number of nitrogens with one attached hydrogen (secondary N) is 4. The standard InChI is InChI=1S/C61H94N10O11S/c1-14-39(8)53(48(80-12)34-49(73)71-30-19-23-46(71)54(81-13)40(9)55(74)67-45(58-64-29-31-83-58)32-41-20-16-15-17-21-41)69(10)59(77)51(37(4)5)68-57(76)52(38(6)7)70(11)61(79)82-35-43-26-24-42(25-27-43)33-47(72)44(22-18-28-65-60(63)78)66-56(75)50(62)36(2)3/h15-17,20-21,24-27,29,31,36-40,44-46,48,50-54H,14,18-19,22-23,28,30,32-35,62H2,1-13H3,(H,66,75)(H,67,74)(H,68,76)(H3,63,65,78)/t39-,40+,44-,45-,46-,48+,50-,51-,52-,53-,54+/m0/s1. The van der Waals surface area contributed by atoms with Crippen LogP contribution in [0.4, 0.5) is 9.59 Å². The first-order valence-electron chi connectivity index (χ1n) is 29.1. The Balaban J connectivity index is 1.41. The number of Topliss-reactive ketones (excluding diaryl/α,β-unsaturated/α-hetero) is 1. The first-order chi connectivity index (χ1) is 39.3. The summed E-state index contributed by atoms with van der Waals surface area (Å²) in [5.74, 6) is -3.75. The van der Waals surface area contributed by atoms with E-state index in [1.165, 1.54) is 30.4 Å². The van der Waals surface area contributed by atoms with Crippen LogP contribution in [-0.4, -0.2) is 157 Å². The maximum absolute atomic E-state index is 14.8. The van der Waals surface area contributed by atoms with Crippen LogP contribution in [0.3, 0.4) is 0 Å². The fourth-order valence-electron chi connectivity index (χ4n) is 10.8. The highest BCUT2D eigenvalue weighted by Gasteiger charge is 2.44. The fraction of sp³-hybridized carbons (Fsp3) is 0.623.